The molecule has 0 bridgehead atoms. The Morgan fingerprint density at radius 3 is 2.23 bits per heavy atom. The molecule has 31 heavy (non-hydrogen) atoms. The van der Waals surface area contributed by atoms with E-state index in [0.717, 1.165) is 5.56 Å². The van der Waals surface area contributed by atoms with Crippen LogP contribution in [0.5, 0.6) is 0 Å². The predicted molar refractivity (Wildman–Crippen MR) is 106 cm³/mol. The van der Waals surface area contributed by atoms with Crippen LogP contribution in [0.25, 0.3) is 0 Å². The van der Waals surface area contributed by atoms with Crippen molar-refractivity contribution in [2.45, 2.75) is 71.1 Å². The van der Waals surface area contributed by atoms with Crippen LogP contribution in [0.15, 0.2) is 30.3 Å². The number of carbonyl (C=O) groups is 4. The summed E-state index contributed by atoms with van der Waals surface area (Å²) < 4.78 is 26.8. The van der Waals surface area contributed by atoms with E-state index in [2.05, 4.69) is 0 Å². The highest BCUT2D eigenvalue weighted by Crippen LogP contribution is 2.28. The minimum atomic E-state index is -0.929. The Labute approximate surface area is 180 Å². The Morgan fingerprint density at radius 2 is 1.61 bits per heavy atom. The SMILES string of the molecule is CC(=O)OC[C@H]1O[C@H](CCC(=O)OCc2ccccc2)C[C@@H](OC(C)=O)[C@H]1OC(C)=O. The summed E-state index contributed by atoms with van der Waals surface area (Å²) >= 11 is 0. The summed E-state index contributed by atoms with van der Waals surface area (Å²) in [5.41, 5.74) is 0.880. The maximum Gasteiger partial charge on any atom is 0.306 e. The van der Waals surface area contributed by atoms with E-state index in [0.29, 0.717) is 6.42 Å². The van der Waals surface area contributed by atoms with Gasteiger partial charge in [-0.05, 0) is 12.0 Å². The van der Waals surface area contributed by atoms with E-state index in [1.165, 1.54) is 20.8 Å². The fraction of sp³-hybridized carbons (Fsp3) is 0.545. The molecular weight excluding hydrogens is 408 g/mol. The Balaban J connectivity index is 1.98. The number of benzene rings is 1. The molecule has 1 aliphatic heterocycles. The van der Waals surface area contributed by atoms with E-state index in [9.17, 15) is 19.2 Å². The average Bonchev–Trinajstić information content (AvgIpc) is 2.71. The lowest BCUT2D eigenvalue weighted by Crippen LogP contribution is -2.53. The molecule has 9 nitrogen and oxygen atoms in total. The lowest BCUT2D eigenvalue weighted by atomic mass is 9.95. The lowest BCUT2D eigenvalue weighted by molar-refractivity contribution is -0.215. The molecule has 1 fully saturated rings. The third kappa shape index (κ3) is 8.75. The van der Waals surface area contributed by atoms with Crippen LogP contribution in [0.2, 0.25) is 0 Å². The van der Waals surface area contributed by atoms with Crippen molar-refractivity contribution in [3.63, 3.8) is 0 Å². The minimum Gasteiger partial charge on any atom is -0.463 e. The van der Waals surface area contributed by atoms with Crippen molar-refractivity contribution >= 4 is 23.9 Å². The molecule has 170 valence electrons. The van der Waals surface area contributed by atoms with Gasteiger partial charge in [0.2, 0.25) is 0 Å². The Bertz CT molecular complexity index is 762. The molecule has 0 spiro atoms. The van der Waals surface area contributed by atoms with Crippen LogP contribution < -0.4 is 0 Å². The summed E-state index contributed by atoms with van der Waals surface area (Å²) in [4.78, 5) is 46.4. The number of carbonyl (C=O) groups excluding carboxylic acids is 4. The standard InChI is InChI=1S/C22H28O9/c1-14(23)27-13-20-22(30-16(3)25)19(29-15(2)24)11-18(31-20)9-10-21(26)28-12-17-7-5-4-6-8-17/h4-8,18-20,22H,9-13H2,1-3H3/t18-,19-,20-,22-/m1/s1. The molecule has 0 N–H and O–H groups in total. The molecule has 1 aromatic carbocycles. The number of ether oxygens (including phenoxy) is 5. The minimum absolute atomic E-state index is 0.0861. The van der Waals surface area contributed by atoms with Crippen LogP contribution in [-0.4, -0.2) is 54.9 Å². The monoisotopic (exact) mass is 436 g/mol. The molecule has 0 aromatic heterocycles. The fourth-order valence-corrected chi connectivity index (χ4v) is 3.29. The Kier molecular flexibility index (Phi) is 9.45. The molecule has 2 rings (SSSR count). The highest BCUT2D eigenvalue weighted by molar-refractivity contribution is 5.69. The van der Waals surface area contributed by atoms with Gasteiger partial charge in [0.15, 0.2) is 6.10 Å². The van der Waals surface area contributed by atoms with Crippen molar-refractivity contribution in [1.82, 2.24) is 0 Å². The fourth-order valence-electron chi connectivity index (χ4n) is 3.29. The van der Waals surface area contributed by atoms with Crippen molar-refractivity contribution < 1.29 is 42.9 Å². The van der Waals surface area contributed by atoms with Crippen LogP contribution in [0.3, 0.4) is 0 Å². The van der Waals surface area contributed by atoms with Crippen molar-refractivity contribution in [1.29, 1.82) is 0 Å². The van der Waals surface area contributed by atoms with Gasteiger partial charge in [0.05, 0.1) is 6.10 Å². The van der Waals surface area contributed by atoms with Gasteiger partial charge >= 0.3 is 23.9 Å². The summed E-state index contributed by atoms with van der Waals surface area (Å²) in [5, 5.41) is 0. The number of rotatable bonds is 9. The molecule has 9 heteroatoms. The van der Waals surface area contributed by atoms with Crippen LogP contribution >= 0.6 is 0 Å². The van der Waals surface area contributed by atoms with Gasteiger partial charge in [0.1, 0.15) is 25.4 Å². The first-order chi connectivity index (χ1) is 14.7. The molecule has 4 atom stereocenters. The smallest absolute Gasteiger partial charge is 0.306 e. The van der Waals surface area contributed by atoms with E-state index >= 15 is 0 Å². The molecular formula is C22H28O9. The van der Waals surface area contributed by atoms with Crippen LogP contribution in [-0.2, 0) is 49.5 Å². The molecule has 0 unspecified atom stereocenters. The van der Waals surface area contributed by atoms with E-state index in [4.69, 9.17) is 23.7 Å². The molecule has 0 amide bonds. The third-order valence-corrected chi connectivity index (χ3v) is 4.58. The first-order valence-corrected chi connectivity index (χ1v) is 10.1. The van der Waals surface area contributed by atoms with Gasteiger partial charge in [-0.1, -0.05) is 30.3 Å². The second-order valence-corrected chi connectivity index (χ2v) is 7.24. The Hall–Kier alpha value is -2.94. The molecule has 0 aliphatic carbocycles. The number of hydrogen-bond donors (Lipinski definition) is 0. The van der Waals surface area contributed by atoms with Crippen LogP contribution in [0, 0.1) is 0 Å². The molecule has 0 saturated carbocycles. The predicted octanol–water partition coefficient (Wildman–Crippen LogP) is 2.09. The van der Waals surface area contributed by atoms with Gasteiger partial charge < -0.3 is 23.7 Å². The second-order valence-electron chi connectivity index (χ2n) is 7.24. The van der Waals surface area contributed by atoms with Crippen LogP contribution in [0.4, 0.5) is 0 Å². The third-order valence-electron chi connectivity index (χ3n) is 4.58. The second kappa shape index (κ2) is 12.0. The van der Waals surface area contributed by atoms with Crippen LogP contribution in [0.1, 0.15) is 45.6 Å². The summed E-state index contributed by atoms with van der Waals surface area (Å²) in [6, 6.07) is 9.31. The van der Waals surface area contributed by atoms with Gasteiger partial charge in [0, 0.05) is 33.6 Å². The van der Waals surface area contributed by atoms with Gasteiger partial charge in [-0.3, -0.25) is 19.2 Å². The molecule has 0 radical (unpaired) electrons. The molecule has 1 heterocycles. The van der Waals surface area contributed by atoms with E-state index in [-0.39, 0.29) is 26.1 Å². The van der Waals surface area contributed by atoms with Crippen molar-refractivity contribution in [3.05, 3.63) is 35.9 Å². The topological polar surface area (TPSA) is 114 Å². The van der Waals surface area contributed by atoms with Crippen molar-refractivity contribution in [2.24, 2.45) is 0 Å². The summed E-state index contributed by atoms with van der Waals surface area (Å²) in [6.45, 7) is 3.71. The van der Waals surface area contributed by atoms with Crippen molar-refractivity contribution in [3.8, 4) is 0 Å². The van der Waals surface area contributed by atoms with Gasteiger partial charge in [0.25, 0.3) is 0 Å². The van der Waals surface area contributed by atoms with Gasteiger partial charge in [-0.15, -0.1) is 0 Å². The van der Waals surface area contributed by atoms with E-state index in [1.807, 2.05) is 30.3 Å². The van der Waals surface area contributed by atoms with Gasteiger partial charge in [-0.25, -0.2) is 0 Å². The first-order valence-electron chi connectivity index (χ1n) is 10.1. The Morgan fingerprint density at radius 1 is 0.935 bits per heavy atom. The zero-order valence-corrected chi connectivity index (χ0v) is 17.9. The first kappa shape index (κ1) is 24.3. The lowest BCUT2D eigenvalue weighted by Gasteiger charge is -2.40. The summed E-state index contributed by atoms with van der Waals surface area (Å²) in [6.07, 6.45) is -2.43. The molecule has 1 aliphatic rings. The average molecular weight is 436 g/mol. The molecule has 1 aromatic rings. The normalized spacial score (nSPS) is 22.8. The molecule has 1 saturated heterocycles. The summed E-state index contributed by atoms with van der Waals surface area (Å²) in [5.74, 6) is -2.05. The number of hydrogen-bond acceptors (Lipinski definition) is 9. The van der Waals surface area contributed by atoms with Gasteiger partial charge in [-0.2, -0.15) is 0 Å². The maximum atomic E-state index is 12.1. The highest BCUT2D eigenvalue weighted by atomic mass is 16.6. The van der Waals surface area contributed by atoms with E-state index in [1.54, 1.807) is 0 Å². The quantitative estimate of drug-likeness (QED) is 0.424. The highest BCUT2D eigenvalue weighted by Gasteiger charge is 2.43. The largest absolute Gasteiger partial charge is 0.463 e. The zero-order valence-electron chi connectivity index (χ0n) is 17.9. The van der Waals surface area contributed by atoms with Crippen molar-refractivity contribution in [2.75, 3.05) is 6.61 Å². The number of esters is 4. The van der Waals surface area contributed by atoms with E-state index < -0.39 is 48.3 Å². The zero-order chi connectivity index (χ0) is 22.8. The maximum absolute atomic E-state index is 12.1. The summed E-state index contributed by atoms with van der Waals surface area (Å²) in [7, 11) is 0.